The van der Waals surface area contributed by atoms with E-state index in [-0.39, 0.29) is 5.91 Å². The molecule has 0 fully saturated rings. The molecule has 0 bridgehead atoms. The topological polar surface area (TPSA) is 51.0 Å². The van der Waals surface area contributed by atoms with E-state index in [4.69, 9.17) is 0 Å². The van der Waals surface area contributed by atoms with Crippen LogP contribution in [0.1, 0.15) is 5.56 Å². The number of rotatable bonds is 6. The number of carbonyl (C=O) groups excluding carboxylic acids is 1. The maximum Gasteiger partial charge on any atom is 0.233 e. The summed E-state index contributed by atoms with van der Waals surface area (Å²) in [4.78, 5) is 18.8. The van der Waals surface area contributed by atoms with Gasteiger partial charge in [-0.1, -0.05) is 42.1 Å². The van der Waals surface area contributed by atoms with Gasteiger partial charge in [-0.3, -0.25) is 4.79 Å². The van der Waals surface area contributed by atoms with Gasteiger partial charge in [-0.15, -0.1) is 11.3 Å². The molecule has 0 saturated carbocycles. The minimum Gasteiger partial charge on any atom is -0.341 e. The van der Waals surface area contributed by atoms with Crippen LogP contribution >= 0.6 is 23.1 Å². The van der Waals surface area contributed by atoms with Crippen LogP contribution in [0.25, 0.3) is 15.9 Å². The van der Waals surface area contributed by atoms with Gasteiger partial charge < -0.3 is 4.90 Å². The minimum absolute atomic E-state index is 0.0757. The molecule has 2 aromatic heterocycles. The quantitative estimate of drug-likeness (QED) is 0.459. The van der Waals surface area contributed by atoms with Crippen molar-refractivity contribution in [3.8, 4) is 5.69 Å². The zero-order valence-corrected chi connectivity index (χ0v) is 16.4. The van der Waals surface area contributed by atoms with E-state index >= 15 is 0 Å². The predicted octanol–water partition coefficient (Wildman–Crippen LogP) is 4.23. The summed E-state index contributed by atoms with van der Waals surface area (Å²) in [6.07, 6.45) is 3.76. The second-order valence-electron chi connectivity index (χ2n) is 6.11. The van der Waals surface area contributed by atoms with Crippen molar-refractivity contribution in [2.45, 2.75) is 10.9 Å². The third-order valence-electron chi connectivity index (χ3n) is 4.10. The largest absolute Gasteiger partial charge is 0.341 e. The first kappa shape index (κ1) is 17.8. The van der Waals surface area contributed by atoms with Gasteiger partial charge in [0.1, 0.15) is 0 Å². The first-order valence-electron chi connectivity index (χ1n) is 8.50. The van der Waals surface area contributed by atoms with Crippen molar-refractivity contribution in [3.05, 3.63) is 72.6 Å². The van der Waals surface area contributed by atoms with Crippen molar-refractivity contribution in [3.63, 3.8) is 0 Å². The second-order valence-corrected chi connectivity index (χ2v) is 8.37. The number of amides is 1. The summed E-state index contributed by atoms with van der Waals surface area (Å²) in [7, 11) is 1.82. The summed E-state index contributed by atoms with van der Waals surface area (Å²) in [5.74, 6) is 0.454. The zero-order valence-electron chi connectivity index (χ0n) is 14.8. The normalized spacial score (nSPS) is 11.0. The number of hydrogen-bond donors (Lipinski definition) is 0. The number of thioether (sulfide) groups is 1. The number of para-hydroxylation sites is 2. The van der Waals surface area contributed by atoms with Crippen molar-refractivity contribution < 1.29 is 4.79 Å². The number of thiazole rings is 1. The molecule has 136 valence electrons. The molecule has 27 heavy (non-hydrogen) atoms. The number of benzene rings is 2. The molecule has 0 aliphatic rings. The summed E-state index contributed by atoms with van der Waals surface area (Å²) in [6.45, 7) is 0.534. The van der Waals surface area contributed by atoms with E-state index in [1.165, 1.54) is 11.8 Å². The van der Waals surface area contributed by atoms with Crippen molar-refractivity contribution in [1.29, 1.82) is 0 Å². The Morgan fingerprint density at radius 3 is 2.74 bits per heavy atom. The van der Waals surface area contributed by atoms with Crippen LogP contribution in [-0.4, -0.2) is 38.4 Å². The number of aromatic nitrogens is 3. The molecule has 5 nitrogen and oxygen atoms in total. The van der Waals surface area contributed by atoms with E-state index in [0.717, 1.165) is 25.8 Å². The Morgan fingerprint density at radius 2 is 1.93 bits per heavy atom. The lowest BCUT2D eigenvalue weighted by Crippen LogP contribution is -2.27. The molecule has 0 unspecified atom stereocenters. The van der Waals surface area contributed by atoms with Gasteiger partial charge in [0, 0.05) is 25.4 Å². The Bertz CT molecular complexity index is 1020. The highest BCUT2D eigenvalue weighted by molar-refractivity contribution is 8.01. The van der Waals surface area contributed by atoms with Crippen LogP contribution in [-0.2, 0) is 11.3 Å². The summed E-state index contributed by atoms with van der Waals surface area (Å²) in [5.41, 5.74) is 2.99. The van der Waals surface area contributed by atoms with Crippen LogP contribution in [0.5, 0.6) is 0 Å². The van der Waals surface area contributed by atoms with Gasteiger partial charge in [0.05, 0.1) is 27.9 Å². The molecule has 0 aliphatic heterocycles. The highest BCUT2D eigenvalue weighted by Gasteiger charge is 2.13. The number of hydrogen-bond acceptors (Lipinski definition) is 5. The highest BCUT2D eigenvalue weighted by Crippen LogP contribution is 2.29. The molecule has 2 aromatic carbocycles. The van der Waals surface area contributed by atoms with Gasteiger partial charge >= 0.3 is 0 Å². The van der Waals surface area contributed by atoms with Crippen molar-refractivity contribution in [1.82, 2.24) is 19.7 Å². The van der Waals surface area contributed by atoms with Gasteiger partial charge in [0.15, 0.2) is 4.34 Å². The standard InChI is InChI=1S/C20H18N4OS2/c1-23(12-15-11-21-24(13-15)16-7-3-2-4-8-16)19(25)14-26-20-22-17-9-5-6-10-18(17)27-20/h2-11,13H,12,14H2,1H3. The molecule has 2 heterocycles. The molecule has 0 saturated heterocycles. The lowest BCUT2D eigenvalue weighted by Gasteiger charge is -2.15. The second kappa shape index (κ2) is 7.94. The van der Waals surface area contributed by atoms with E-state index in [1.54, 1.807) is 22.4 Å². The molecule has 0 spiro atoms. The number of fused-ring (bicyclic) bond motifs is 1. The van der Waals surface area contributed by atoms with Gasteiger partial charge in [-0.2, -0.15) is 5.10 Å². The van der Waals surface area contributed by atoms with Crippen LogP contribution in [0.2, 0.25) is 0 Å². The first-order valence-corrected chi connectivity index (χ1v) is 10.3. The summed E-state index contributed by atoms with van der Waals surface area (Å²) in [5, 5.41) is 4.38. The maximum absolute atomic E-state index is 12.5. The van der Waals surface area contributed by atoms with E-state index in [9.17, 15) is 4.79 Å². The lowest BCUT2D eigenvalue weighted by molar-refractivity contribution is -0.127. The monoisotopic (exact) mass is 394 g/mol. The predicted molar refractivity (Wildman–Crippen MR) is 110 cm³/mol. The first-order chi connectivity index (χ1) is 13.2. The molecule has 0 atom stereocenters. The highest BCUT2D eigenvalue weighted by atomic mass is 32.2. The fraction of sp³-hybridized carbons (Fsp3) is 0.150. The summed E-state index contributed by atoms with van der Waals surface area (Å²) < 4.78 is 3.90. The van der Waals surface area contributed by atoms with E-state index in [0.29, 0.717) is 12.3 Å². The van der Waals surface area contributed by atoms with Gasteiger partial charge in [-0.05, 0) is 24.3 Å². The van der Waals surface area contributed by atoms with E-state index < -0.39 is 0 Å². The Balaban J connectivity index is 1.34. The van der Waals surface area contributed by atoms with Gasteiger partial charge in [0.2, 0.25) is 5.91 Å². The molecule has 0 N–H and O–H groups in total. The molecule has 0 radical (unpaired) electrons. The SMILES string of the molecule is CN(Cc1cnn(-c2ccccc2)c1)C(=O)CSc1nc2ccccc2s1. The molecule has 7 heteroatoms. The fourth-order valence-corrected chi connectivity index (χ4v) is 4.68. The Hall–Kier alpha value is -2.64. The zero-order chi connectivity index (χ0) is 18.6. The van der Waals surface area contributed by atoms with Crippen LogP contribution < -0.4 is 0 Å². The van der Waals surface area contributed by atoms with Gasteiger partial charge in [-0.25, -0.2) is 9.67 Å². The average Bonchev–Trinajstić information content (AvgIpc) is 3.33. The van der Waals surface area contributed by atoms with Crippen molar-refractivity contribution in [2.24, 2.45) is 0 Å². The van der Waals surface area contributed by atoms with Gasteiger partial charge in [0.25, 0.3) is 0 Å². The Labute approximate surface area is 165 Å². The van der Waals surface area contributed by atoms with Crippen LogP contribution in [0.4, 0.5) is 0 Å². The fourth-order valence-electron chi connectivity index (χ4n) is 2.67. The third kappa shape index (κ3) is 4.20. The minimum atomic E-state index is 0.0757. The molecule has 1 amide bonds. The summed E-state index contributed by atoms with van der Waals surface area (Å²) >= 11 is 3.11. The summed E-state index contributed by atoms with van der Waals surface area (Å²) in [6, 6.07) is 18.0. The maximum atomic E-state index is 12.5. The van der Waals surface area contributed by atoms with Crippen molar-refractivity contribution in [2.75, 3.05) is 12.8 Å². The molecule has 4 aromatic rings. The smallest absolute Gasteiger partial charge is 0.233 e. The average molecular weight is 395 g/mol. The molecular weight excluding hydrogens is 376 g/mol. The van der Waals surface area contributed by atoms with Crippen LogP contribution in [0.3, 0.4) is 0 Å². The molecule has 4 rings (SSSR count). The number of nitrogens with zero attached hydrogens (tertiary/aromatic N) is 4. The van der Waals surface area contributed by atoms with Crippen LogP contribution in [0, 0.1) is 0 Å². The van der Waals surface area contributed by atoms with Crippen molar-refractivity contribution >= 4 is 39.2 Å². The Kier molecular flexibility index (Phi) is 5.22. The lowest BCUT2D eigenvalue weighted by atomic mass is 10.3. The Morgan fingerprint density at radius 1 is 1.15 bits per heavy atom. The molecular formula is C20H18N4OS2. The van der Waals surface area contributed by atoms with E-state index in [1.807, 2.05) is 66.5 Å². The van der Waals surface area contributed by atoms with Crippen LogP contribution in [0.15, 0.2) is 71.3 Å². The molecule has 0 aliphatic carbocycles. The third-order valence-corrected chi connectivity index (χ3v) is 6.26. The number of carbonyl (C=O) groups is 1. The van der Waals surface area contributed by atoms with E-state index in [2.05, 4.69) is 16.1 Å².